The molecule has 1 fully saturated rings. The predicted molar refractivity (Wildman–Crippen MR) is 109 cm³/mol. The van der Waals surface area contributed by atoms with Crippen LogP contribution < -0.4 is 0 Å². The lowest BCUT2D eigenvalue weighted by atomic mass is 9.94. The standard InChI is InChI=1S/C21H38O9/c1-12(6-5-7-13(2)14(24)10-22)8-9-16(21(3,4)28)30-20-19(27)18(26)17(25)15(11-23)29-20/h6,14-20,22-28H,2,5,7-11H2,1,3-4H3/b12-6+/t14-,15-,16-,17-,18+,19-,20+/m1/s1. The number of allylic oxidation sites excluding steroid dienone is 2. The van der Waals surface area contributed by atoms with Gasteiger partial charge in [0, 0.05) is 0 Å². The van der Waals surface area contributed by atoms with Gasteiger partial charge in [0.2, 0.25) is 0 Å². The normalized spacial score (nSPS) is 30.2. The van der Waals surface area contributed by atoms with Crippen molar-refractivity contribution in [2.45, 2.75) is 95.0 Å². The van der Waals surface area contributed by atoms with E-state index in [4.69, 9.17) is 14.6 Å². The fourth-order valence-corrected chi connectivity index (χ4v) is 3.19. The quantitative estimate of drug-likeness (QED) is 0.198. The Labute approximate surface area is 177 Å². The van der Waals surface area contributed by atoms with Crippen molar-refractivity contribution in [3.05, 3.63) is 23.8 Å². The molecule has 1 heterocycles. The van der Waals surface area contributed by atoms with Gasteiger partial charge in [0.25, 0.3) is 0 Å². The molecule has 7 N–H and O–H groups in total. The molecule has 0 radical (unpaired) electrons. The number of hydrogen-bond acceptors (Lipinski definition) is 9. The van der Waals surface area contributed by atoms with Gasteiger partial charge >= 0.3 is 0 Å². The molecule has 9 nitrogen and oxygen atoms in total. The van der Waals surface area contributed by atoms with E-state index >= 15 is 0 Å². The highest BCUT2D eigenvalue weighted by Gasteiger charge is 2.46. The summed E-state index contributed by atoms with van der Waals surface area (Å²) in [6.07, 6.45) is -4.52. The molecule has 1 rings (SSSR count). The molecular formula is C21H38O9. The van der Waals surface area contributed by atoms with Gasteiger partial charge < -0.3 is 45.2 Å². The highest BCUT2D eigenvalue weighted by atomic mass is 16.7. The number of aliphatic hydroxyl groups is 7. The average molecular weight is 435 g/mol. The molecule has 9 heteroatoms. The molecule has 0 spiro atoms. The van der Waals surface area contributed by atoms with Crippen LogP contribution in [0.15, 0.2) is 23.8 Å². The van der Waals surface area contributed by atoms with Gasteiger partial charge in [-0.15, -0.1) is 0 Å². The lowest BCUT2D eigenvalue weighted by Gasteiger charge is -2.42. The van der Waals surface area contributed by atoms with Crippen LogP contribution in [0, 0.1) is 0 Å². The van der Waals surface area contributed by atoms with Crippen molar-refractivity contribution in [3.63, 3.8) is 0 Å². The lowest BCUT2D eigenvalue weighted by Crippen LogP contribution is -2.60. The first-order valence-electron chi connectivity index (χ1n) is 10.2. The van der Waals surface area contributed by atoms with Crippen molar-refractivity contribution >= 4 is 0 Å². The van der Waals surface area contributed by atoms with Gasteiger partial charge in [0.05, 0.1) is 31.0 Å². The molecule has 0 amide bonds. The predicted octanol–water partition coefficient (Wildman–Crippen LogP) is -0.641. The third kappa shape index (κ3) is 7.99. The second-order valence-corrected chi connectivity index (χ2v) is 8.46. The molecule has 0 saturated carbocycles. The summed E-state index contributed by atoms with van der Waals surface area (Å²) in [7, 11) is 0. The van der Waals surface area contributed by atoms with E-state index in [-0.39, 0.29) is 6.61 Å². The second-order valence-electron chi connectivity index (χ2n) is 8.46. The van der Waals surface area contributed by atoms with E-state index in [9.17, 15) is 30.6 Å². The van der Waals surface area contributed by atoms with Crippen LogP contribution in [0.3, 0.4) is 0 Å². The maximum atomic E-state index is 10.5. The average Bonchev–Trinajstić information content (AvgIpc) is 2.69. The van der Waals surface area contributed by atoms with Crippen molar-refractivity contribution in [2.24, 2.45) is 0 Å². The summed E-state index contributed by atoms with van der Waals surface area (Å²) in [6, 6.07) is 0. The molecule has 0 bridgehead atoms. The summed E-state index contributed by atoms with van der Waals surface area (Å²) < 4.78 is 11.1. The first-order chi connectivity index (χ1) is 13.9. The fraction of sp³-hybridized carbons (Fsp3) is 0.810. The van der Waals surface area contributed by atoms with Gasteiger partial charge in [-0.25, -0.2) is 0 Å². The second kappa shape index (κ2) is 12.2. The molecule has 0 aromatic carbocycles. The monoisotopic (exact) mass is 434 g/mol. The zero-order chi connectivity index (χ0) is 23.1. The highest BCUT2D eigenvalue weighted by Crippen LogP contribution is 2.28. The number of ether oxygens (including phenoxy) is 2. The number of aliphatic hydroxyl groups excluding tert-OH is 6. The molecule has 0 aliphatic carbocycles. The number of hydrogen-bond donors (Lipinski definition) is 7. The number of rotatable bonds is 12. The van der Waals surface area contributed by atoms with Crippen LogP contribution in [-0.2, 0) is 9.47 Å². The van der Waals surface area contributed by atoms with Crippen LogP contribution >= 0.6 is 0 Å². The Kier molecular flexibility index (Phi) is 11.1. The zero-order valence-electron chi connectivity index (χ0n) is 18.0. The Bertz CT molecular complexity index is 555. The van der Waals surface area contributed by atoms with Gasteiger partial charge in [-0.2, -0.15) is 0 Å². The Hall–Kier alpha value is -0.880. The van der Waals surface area contributed by atoms with Crippen molar-refractivity contribution in [1.29, 1.82) is 0 Å². The van der Waals surface area contributed by atoms with Crippen LogP contribution in [0.25, 0.3) is 0 Å². The largest absolute Gasteiger partial charge is 0.394 e. The summed E-state index contributed by atoms with van der Waals surface area (Å²) in [4.78, 5) is 0. The minimum Gasteiger partial charge on any atom is -0.394 e. The zero-order valence-corrected chi connectivity index (χ0v) is 18.0. The van der Waals surface area contributed by atoms with Crippen molar-refractivity contribution in [3.8, 4) is 0 Å². The SMILES string of the molecule is C=C(CC/C=C(\C)CC[C@@H](O[C@@H]1O[C@H](CO)[C@@H](O)[C@H](O)[C@H]1O)C(C)(C)O)[C@H](O)CO. The summed E-state index contributed by atoms with van der Waals surface area (Å²) in [5.74, 6) is 0. The molecule has 0 aromatic heterocycles. The Morgan fingerprint density at radius 1 is 1.13 bits per heavy atom. The van der Waals surface area contributed by atoms with Crippen LogP contribution in [0.5, 0.6) is 0 Å². The summed E-state index contributed by atoms with van der Waals surface area (Å²) in [5.41, 5.74) is 0.299. The molecule has 1 saturated heterocycles. The van der Waals surface area contributed by atoms with E-state index < -0.39 is 55.1 Å². The van der Waals surface area contributed by atoms with Crippen molar-refractivity contribution in [1.82, 2.24) is 0 Å². The van der Waals surface area contributed by atoms with E-state index in [1.165, 1.54) is 0 Å². The van der Waals surface area contributed by atoms with Crippen LogP contribution in [0.1, 0.15) is 46.5 Å². The van der Waals surface area contributed by atoms with Crippen LogP contribution in [0.4, 0.5) is 0 Å². The molecule has 0 aromatic rings. The molecule has 30 heavy (non-hydrogen) atoms. The van der Waals surface area contributed by atoms with Crippen molar-refractivity contribution < 1.29 is 45.2 Å². The molecule has 0 unspecified atom stereocenters. The first-order valence-corrected chi connectivity index (χ1v) is 10.2. The Morgan fingerprint density at radius 2 is 1.77 bits per heavy atom. The van der Waals surface area contributed by atoms with E-state index in [2.05, 4.69) is 6.58 Å². The highest BCUT2D eigenvalue weighted by molar-refractivity contribution is 5.06. The van der Waals surface area contributed by atoms with E-state index in [1.54, 1.807) is 13.8 Å². The lowest BCUT2D eigenvalue weighted by molar-refractivity contribution is -0.322. The van der Waals surface area contributed by atoms with Gasteiger partial charge in [0.15, 0.2) is 6.29 Å². The van der Waals surface area contributed by atoms with Crippen LogP contribution in [-0.4, -0.2) is 97.5 Å². The van der Waals surface area contributed by atoms with Gasteiger partial charge in [0.1, 0.15) is 24.4 Å². The third-order valence-corrected chi connectivity index (χ3v) is 5.34. The third-order valence-electron chi connectivity index (χ3n) is 5.34. The molecular weight excluding hydrogens is 396 g/mol. The van der Waals surface area contributed by atoms with Gasteiger partial charge in [-0.3, -0.25) is 0 Å². The van der Waals surface area contributed by atoms with E-state index in [0.717, 1.165) is 5.57 Å². The Morgan fingerprint density at radius 3 is 2.30 bits per heavy atom. The molecule has 7 atom stereocenters. The topological polar surface area (TPSA) is 160 Å². The summed E-state index contributed by atoms with van der Waals surface area (Å²) in [5, 5.41) is 68.2. The minimum absolute atomic E-state index is 0.357. The minimum atomic E-state index is -1.55. The fourth-order valence-electron chi connectivity index (χ4n) is 3.19. The van der Waals surface area contributed by atoms with E-state index in [1.807, 2.05) is 13.0 Å². The van der Waals surface area contributed by atoms with E-state index in [0.29, 0.717) is 31.3 Å². The maximum Gasteiger partial charge on any atom is 0.187 e. The molecule has 1 aliphatic heterocycles. The summed E-state index contributed by atoms with van der Waals surface area (Å²) in [6.45, 7) is 7.85. The molecule has 1 aliphatic rings. The van der Waals surface area contributed by atoms with Gasteiger partial charge in [-0.1, -0.05) is 18.2 Å². The van der Waals surface area contributed by atoms with Crippen molar-refractivity contribution in [2.75, 3.05) is 13.2 Å². The summed E-state index contributed by atoms with van der Waals surface area (Å²) >= 11 is 0. The smallest absolute Gasteiger partial charge is 0.187 e. The maximum absolute atomic E-state index is 10.5. The van der Waals surface area contributed by atoms with Crippen LogP contribution in [0.2, 0.25) is 0 Å². The van der Waals surface area contributed by atoms with Gasteiger partial charge in [-0.05, 0) is 52.0 Å². The molecule has 176 valence electrons. The first kappa shape index (κ1) is 27.2. The Balaban J connectivity index is 2.68.